The summed E-state index contributed by atoms with van der Waals surface area (Å²) in [6.45, 7) is 2.86. The third-order valence-corrected chi connectivity index (χ3v) is 3.51. The van der Waals surface area contributed by atoms with Gasteiger partial charge in [-0.3, -0.25) is 4.99 Å². The van der Waals surface area contributed by atoms with E-state index in [2.05, 4.69) is 9.89 Å². The molecule has 1 aromatic carbocycles. The Kier molecular flexibility index (Phi) is 7.72. The maximum absolute atomic E-state index is 9.20. The zero-order valence-corrected chi connectivity index (χ0v) is 14.1. The van der Waals surface area contributed by atoms with Gasteiger partial charge in [-0.15, -0.1) is 24.0 Å². The normalized spacial score (nSPS) is 15.8. The van der Waals surface area contributed by atoms with Crippen LogP contribution in [0.15, 0.2) is 29.3 Å². The highest BCUT2D eigenvalue weighted by Crippen LogP contribution is 2.11. The van der Waals surface area contributed by atoms with Crippen molar-refractivity contribution >= 4 is 29.9 Å². The Balaban J connectivity index is 0.00000200. The van der Waals surface area contributed by atoms with Crippen LogP contribution in [-0.4, -0.2) is 35.6 Å². The number of halogens is 1. The lowest BCUT2D eigenvalue weighted by molar-refractivity contribution is 0.338. The molecule has 1 aliphatic heterocycles. The number of benzene rings is 1. The number of guanidine groups is 1. The molecule has 0 spiro atoms. The fourth-order valence-electron chi connectivity index (χ4n) is 2.36. The Hall–Kier alpha value is -0.980. The van der Waals surface area contributed by atoms with E-state index >= 15 is 0 Å². The summed E-state index contributed by atoms with van der Waals surface area (Å²) in [4.78, 5) is 6.64. The summed E-state index contributed by atoms with van der Waals surface area (Å²) in [7, 11) is 0. The van der Waals surface area contributed by atoms with Crippen molar-refractivity contribution in [2.75, 3.05) is 19.6 Å². The van der Waals surface area contributed by atoms with Crippen molar-refractivity contribution in [1.82, 2.24) is 4.90 Å². The first kappa shape index (κ1) is 17.1. The summed E-state index contributed by atoms with van der Waals surface area (Å²) in [5.74, 6) is 1.02. The van der Waals surface area contributed by atoms with Gasteiger partial charge in [-0.1, -0.05) is 12.1 Å². The first-order valence-corrected chi connectivity index (χ1v) is 7.08. The Bertz CT molecular complexity index is 414. The molecule has 1 aromatic rings. The lowest BCUT2D eigenvalue weighted by Gasteiger charge is -2.27. The van der Waals surface area contributed by atoms with E-state index in [9.17, 15) is 5.11 Å². The van der Waals surface area contributed by atoms with E-state index in [1.54, 1.807) is 12.1 Å². The molecule has 20 heavy (non-hydrogen) atoms. The highest BCUT2D eigenvalue weighted by Gasteiger charge is 2.11. The van der Waals surface area contributed by atoms with E-state index < -0.39 is 0 Å². The molecule has 5 heteroatoms. The van der Waals surface area contributed by atoms with E-state index in [0.29, 0.717) is 11.7 Å². The number of nitrogens with zero attached hydrogens (tertiary/aromatic N) is 2. The Morgan fingerprint density at radius 1 is 1.15 bits per heavy atom. The van der Waals surface area contributed by atoms with Crippen LogP contribution in [-0.2, 0) is 6.42 Å². The molecule has 0 aromatic heterocycles. The maximum Gasteiger partial charge on any atom is 0.191 e. The van der Waals surface area contributed by atoms with Crippen molar-refractivity contribution in [3.05, 3.63) is 29.8 Å². The van der Waals surface area contributed by atoms with Gasteiger partial charge >= 0.3 is 0 Å². The number of hydrogen-bond donors (Lipinski definition) is 2. The van der Waals surface area contributed by atoms with Crippen molar-refractivity contribution < 1.29 is 5.11 Å². The highest BCUT2D eigenvalue weighted by atomic mass is 127. The van der Waals surface area contributed by atoms with Gasteiger partial charge in [0.15, 0.2) is 5.96 Å². The fourth-order valence-corrected chi connectivity index (χ4v) is 2.36. The average molecular weight is 389 g/mol. The zero-order chi connectivity index (χ0) is 13.5. The molecular formula is C15H24IN3O. The lowest BCUT2D eigenvalue weighted by Crippen LogP contribution is -2.40. The predicted octanol–water partition coefficient (Wildman–Crippen LogP) is 2.74. The molecule has 0 unspecified atom stereocenters. The van der Waals surface area contributed by atoms with E-state index in [-0.39, 0.29) is 24.0 Å². The third kappa shape index (κ3) is 5.56. The molecule has 1 saturated heterocycles. The molecule has 1 fully saturated rings. The summed E-state index contributed by atoms with van der Waals surface area (Å²) in [5.41, 5.74) is 7.22. The first-order valence-electron chi connectivity index (χ1n) is 7.08. The second-order valence-corrected chi connectivity index (χ2v) is 5.06. The fraction of sp³-hybridized carbons (Fsp3) is 0.533. The Morgan fingerprint density at radius 3 is 2.45 bits per heavy atom. The van der Waals surface area contributed by atoms with E-state index in [1.165, 1.54) is 24.8 Å². The van der Waals surface area contributed by atoms with Crippen LogP contribution in [0.3, 0.4) is 0 Å². The maximum atomic E-state index is 9.20. The first-order chi connectivity index (χ1) is 9.25. The van der Waals surface area contributed by atoms with Crippen LogP contribution in [0.2, 0.25) is 0 Å². The van der Waals surface area contributed by atoms with E-state index in [0.717, 1.165) is 32.5 Å². The van der Waals surface area contributed by atoms with Gasteiger partial charge in [0.2, 0.25) is 0 Å². The van der Waals surface area contributed by atoms with Gasteiger partial charge in [-0.05, 0) is 49.8 Å². The van der Waals surface area contributed by atoms with Gasteiger partial charge in [-0.25, -0.2) is 0 Å². The number of phenolic OH excluding ortho intramolecular Hbond substituents is 1. The molecule has 2 rings (SSSR count). The molecule has 0 amide bonds. The third-order valence-electron chi connectivity index (χ3n) is 3.51. The van der Waals surface area contributed by atoms with Crippen LogP contribution < -0.4 is 5.73 Å². The van der Waals surface area contributed by atoms with Crippen molar-refractivity contribution in [3.8, 4) is 5.75 Å². The second kappa shape index (κ2) is 9.05. The minimum absolute atomic E-state index is 0. The SMILES string of the molecule is I.NC(=NCCCc1ccc(O)cc1)N1CCCCC1. The number of piperidine rings is 1. The van der Waals surface area contributed by atoms with Gasteiger partial charge in [0.25, 0.3) is 0 Å². The molecule has 0 atom stereocenters. The van der Waals surface area contributed by atoms with Gasteiger partial charge in [0.1, 0.15) is 5.75 Å². The van der Waals surface area contributed by atoms with E-state index in [4.69, 9.17) is 5.73 Å². The minimum Gasteiger partial charge on any atom is -0.508 e. The van der Waals surface area contributed by atoms with Crippen molar-refractivity contribution in [1.29, 1.82) is 0 Å². The molecule has 0 radical (unpaired) electrons. The summed E-state index contributed by atoms with van der Waals surface area (Å²) >= 11 is 0. The highest BCUT2D eigenvalue weighted by molar-refractivity contribution is 14.0. The van der Waals surface area contributed by atoms with Gasteiger partial charge in [0, 0.05) is 19.6 Å². The predicted molar refractivity (Wildman–Crippen MR) is 93.8 cm³/mol. The van der Waals surface area contributed by atoms with Crippen molar-refractivity contribution in [2.24, 2.45) is 10.7 Å². The monoisotopic (exact) mass is 389 g/mol. The largest absolute Gasteiger partial charge is 0.508 e. The number of phenols is 1. The molecule has 0 saturated carbocycles. The van der Waals surface area contributed by atoms with Crippen LogP contribution in [0.4, 0.5) is 0 Å². The molecular weight excluding hydrogens is 365 g/mol. The molecule has 0 aliphatic carbocycles. The number of aromatic hydroxyl groups is 1. The van der Waals surface area contributed by atoms with Crippen LogP contribution in [0.5, 0.6) is 5.75 Å². The standard InChI is InChI=1S/C15H23N3O.HI/c16-15(18-11-2-1-3-12-18)17-10-4-5-13-6-8-14(19)9-7-13;/h6-9,19H,1-5,10-12H2,(H2,16,17);1H. The number of rotatable bonds is 4. The van der Waals surface area contributed by atoms with Crippen LogP contribution in [0.1, 0.15) is 31.2 Å². The number of nitrogens with two attached hydrogens (primary N) is 1. The Morgan fingerprint density at radius 2 is 1.80 bits per heavy atom. The number of aryl methyl sites for hydroxylation is 1. The number of likely N-dealkylation sites (tertiary alicyclic amines) is 1. The Labute approximate surface area is 138 Å². The molecule has 0 bridgehead atoms. The summed E-state index contributed by atoms with van der Waals surface area (Å²) < 4.78 is 0. The van der Waals surface area contributed by atoms with Crippen molar-refractivity contribution in [2.45, 2.75) is 32.1 Å². The number of hydrogen-bond acceptors (Lipinski definition) is 2. The minimum atomic E-state index is 0. The number of aliphatic imine (C=N–C) groups is 1. The topological polar surface area (TPSA) is 61.9 Å². The van der Waals surface area contributed by atoms with Gasteiger partial charge in [0.05, 0.1) is 0 Å². The second-order valence-electron chi connectivity index (χ2n) is 5.06. The molecule has 3 N–H and O–H groups in total. The van der Waals surface area contributed by atoms with Crippen LogP contribution in [0, 0.1) is 0 Å². The van der Waals surface area contributed by atoms with Crippen LogP contribution in [0.25, 0.3) is 0 Å². The summed E-state index contributed by atoms with van der Waals surface area (Å²) in [5, 5.41) is 9.20. The quantitative estimate of drug-likeness (QED) is 0.360. The van der Waals surface area contributed by atoms with Crippen molar-refractivity contribution in [3.63, 3.8) is 0 Å². The molecule has 1 heterocycles. The molecule has 1 aliphatic rings. The van der Waals surface area contributed by atoms with Crippen LogP contribution >= 0.6 is 24.0 Å². The average Bonchev–Trinajstić information content (AvgIpc) is 2.46. The zero-order valence-electron chi connectivity index (χ0n) is 11.8. The van der Waals surface area contributed by atoms with Gasteiger partial charge in [-0.2, -0.15) is 0 Å². The van der Waals surface area contributed by atoms with E-state index in [1.807, 2.05) is 12.1 Å². The summed E-state index contributed by atoms with van der Waals surface area (Å²) in [6.07, 6.45) is 5.72. The van der Waals surface area contributed by atoms with Gasteiger partial charge < -0.3 is 15.7 Å². The lowest BCUT2D eigenvalue weighted by atomic mass is 10.1. The smallest absolute Gasteiger partial charge is 0.191 e. The summed E-state index contributed by atoms with van der Waals surface area (Å²) in [6, 6.07) is 7.35. The molecule has 112 valence electrons. The molecule has 4 nitrogen and oxygen atoms in total.